The smallest absolute Gasteiger partial charge is 0.157 e. The standard InChI is InChI=1S/C21H27N5/c1-4-9-16-14-20(23-12-13-25(5-2)6-3)26-19-11-8-7-10-18(19)24-21(26)17(16)15-22/h7-8,10-11,14,23H,4-6,9,12-13H2,1-3H3/p+1. The van der Waals surface area contributed by atoms with E-state index in [2.05, 4.69) is 48.7 Å². The van der Waals surface area contributed by atoms with Crippen molar-refractivity contribution in [3.63, 3.8) is 0 Å². The van der Waals surface area contributed by atoms with Gasteiger partial charge < -0.3 is 10.2 Å². The van der Waals surface area contributed by atoms with Crippen LogP contribution in [-0.2, 0) is 6.42 Å². The second kappa shape index (κ2) is 8.20. The quantitative estimate of drug-likeness (QED) is 0.657. The molecular formula is C21H28N5+. The lowest BCUT2D eigenvalue weighted by Gasteiger charge is -2.17. The van der Waals surface area contributed by atoms with Crippen molar-refractivity contribution in [2.75, 3.05) is 31.5 Å². The third-order valence-corrected chi connectivity index (χ3v) is 5.07. The van der Waals surface area contributed by atoms with Crippen LogP contribution in [0.5, 0.6) is 0 Å². The van der Waals surface area contributed by atoms with Crippen LogP contribution in [0.3, 0.4) is 0 Å². The summed E-state index contributed by atoms with van der Waals surface area (Å²) in [6.45, 7) is 10.8. The lowest BCUT2D eigenvalue weighted by atomic mass is 10.1. The molecule has 0 aliphatic heterocycles. The number of pyridine rings is 1. The molecule has 0 unspecified atom stereocenters. The molecule has 0 atom stereocenters. The van der Waals surface area contributed by atoms with Crippen LogP contribution >= 0.6 is 0 Å². The van der Waals surface area contributed by atoms with E-state index in [-0.39, 0.29) is 0 Å². The number of nitrogens with zero attached hydrogens (tertiary/aromatic N) is 3. The summed E-state index contributed by atoms with van der Waals surface area (Å²) >= 11 is 0. The summed E-state index contributed by atoms with van der Waals surface area (Å²) in [7, 11) is 0. The Kier molecular flexibility index (Phi) is 5.75. The Balaban J connectivity index is 2.09. The summed E-state index contributed by atoms with van der Waals surface area (Å²) in [6.07, 6.45) is 1.90. The molecule has 2 N–H and O–H groups in total. The Labute approximate surface area is 155 Å². The fourth-order valence-electron chi connectivity index (χ4n) is 3.57. The van der Waals surface area contributed by atoms with Crippen LogP contribution in [0.2, 0.25) is 0 Å². The molecule has 1 aromatic carbocycles. The van der Waals surface area contributed by atoms with Crippen molar-refractivity contribution in [3.05, 3.63) is 41.5 Å². The van der Waals surface area contributed by atoms with Gasteiger partial charge in [0.05, 0.1) is 42.8 Å². The monoisotopic (exact) mass is 350 g/mol. The van der Waals surface area contributed by atoms with Crippen molar-refractivity contribution in [2.45, 2.75) is 33.6 Å². The van der Waals surface area contributed by atoms with E-state index in [1.165, 1.54) is 0 Å². The number of para-hydroxylation sites is 2. The first-order valence-electron chi connectivity index (χ1n) is 9.64. The highest BCUT2D eigenvalue weighted by molar-refractivity contribution is 5.85. The molecule has 0 spiro atoms. The van der Waals surface area contributed by atoms with Crippen LogP contribution in [0.15, 0.2) is 30.3 Å². The Morgan fingerprint density at radius 2 is 1.96 bits per heavy atom. The summed E-state index contributed by atoms with van der Waals surface area (Å²) in [4.78, 5) is 6.34. The first-order chi connectivity index (χ1) is 12.7. The van der Waals surface area contributed by atoms with Gasteiger partial charge in [-0.15, -0.1) is 0 Å². The summed E-state index contributed by atoms with van der Waals surface area (Å²) in [5.74, 6) is 1.03. The van der Waals surface area contributed by atoms with Gasteiger partial charge in [0.2, 0.25) is 0 Å². The molecule has 2 aromatic heterocycles. The zero-order chi connectivity index (χ0) is 18.5. The molecule has 3 rings (SSSR count). The lowest BCUT2D eigenvalue weighted by Crippen LogP contribution is -3.12. The van der Waals surface area contributed by atoms with Crippen molar-refractivity contribution in [1.29, 1.82) is 5.26 Å². The minimum Gasteiger partial charge on any atom is -0.365 e. The normalized spacial score (nSPS) is 11.3. The van der Waals surface area contributed by atoms with E-state index >= 15 is 0 Å². The van der Waals surface area contributed by atoms with Gasteiger partial charge in [0, 0.05) is 0 Å². The third-order valence-electron chi connectivity index (χ3n) is 5.07. The topological polar surface area (TPSA) is 57.6 Å². The highest BCUT2D eigenvalue weighted by atomic mass is 15.2. The average molecular weight is 350 g/mol. The van der Waals surface area contributed by atoms with Crippen molar-refractivity contribution in [1.82, 2.24) is 9.38 Å². The maximum absolute atomic E-state index is 9.74. The summed E-state index contributed by atoms with van der Waals surface area (Å²) in [6, 6.07) is 12.6. The Morgan fingerprint density at radius 1 is 1.19 bits per heavy atom. The molecule has 2 heterocycles. The van der Waals surface area contributed by atoms with Gasteiger partial charge in [-0.2, -0.15) is 5.26 Å². The first kappa shape index (κ1) is 18.2. The highest BCUT2D eigenvalue weighted by Crippen LogP contribution is 2.27. The fraction of sp³-hybridized carbons (Fsp3) is 0.429. The van der Waals surface area contributed by atoms with Crippen LogP contribution in [0.25, 0.3) is 16.7 Å². The van der Waals surface area contributed by atoms with Gasteiger partial charge in [0.25, 0.3) is 0 Å². The average Bonchev–Trinajstić information content (AvgIpc) is 3.05. The Hall–Kier alpha value is -2.58. The highest BCUT2D eigenvalue weighted by Gasteiger charge is 2.16. The predicted molar refractivity (Wildman–Crippen MR) is 107 cm³/mol. The summed E-state index contributed by atoms with van der Waals surface area (Å²) < 4.78 is 2.10. The van der Waals surface area contributed by atoms with Crippen molar-refractivity contribution < 1.29 is 4.90 Å². The van der Waals surface area contributed by atoms with E-state index in [1.807, 2.05) is 18.2 Å². The van der Waals surface area contributed by atoms with Crippen LogP contribution < -0.4 is 10.2 Å². The van der Waals surface area contributed by atoms with Crippen LogP contribution in [0.1, 0.15) is 38.3 Å². The molecule has 0 aliphatic rings. The van der Waals surface area contributed by atoms with E-state index in [4.69, 9.17) is 4.98 Å². The minimum atomic E-state index is 0.697. The molecule has 5 nitrogen and oxygen atoms in total. The number of hydrogen-bond acceptors (Lipinski definition) is 3. The number of benzene rings is 1. The largest absolute Gasteiger partial charge is 0.365 e. The van der Waals surface area contributed by atoms with Crippen molar-refractivity contribution in [2.24, 2.45) is 0 Å². The number of aromatic nitrogens is 2. The van der Waals surface area contributed by atoms with Gasteiger partial charge in [-0.05, 0) is 44.0 Å². The number of hydrogen-bond donors (Lipinski definition) is 2. The predicted octanol–water partition coefficient (Wildman–Crippen LogP) is 2.65. The van der Waals surface area contributed by atoms with Crippen LogP contribution in [0, 0.1) is 11.3 Å². The first-order valence-corrected chi connectivity index (χ1v) is 9.64. The molecule has 3 aromatic rings. The van der Waals surface area contributed by atoms with E-state index in [0.29, 0.717) is 5.56 Å². The van der Waals surface area contributed by atoms with Crippen molar-refractivity contribution in [3.8, 4) is 6.07 Å². The molecule has 0 fully saturated rings. The molecule has 0 bridgehead atoms. The molecule has 0 aliphatic carbocycles. The second-order valence-electron chi connectivity index (χ2n) is 6.69. The second-order valence-corrected chi connectivity index (χ2v) is 6.69. The number of imidazole rings is 1. The summed E-state index contributed by atoms with van der Waals surface area (Å²) in [5, 5.41) is 13.4. The maximum Gasteiger partial charge on any atom is 0.157 e. The number of anilines is 1. The van der Waals surface area contributed by atoms with Gasteiger partial charge >= 0.3 is 0 Å². The number of aryl methyl sites for hydroxylation is 1. The Morgan fingerprint density at radius 3 is 2.65 bits per heavy atom. The van der Waals surface area contributed by atoms with Gasteiger partial charge in [-0.3, -0.25) is 4.40 Å². The van der Waals surface area contributed by atoms with E-state index in [1.54, 1.807) is 4.90 Å². The third kappa shape index (κ3) is 3.38. The minimum absolute atomic E-state index is 0.697. The molecule has 0 saturated heterocycles. The zero-order valence-electron chi connectivity index (χ0n) is 16.0. The number of nitrogens with one attached hydrogen (secondary N) is 2. The fourth-order valence-corrected chi connectivity index (χ4v) is 3.57. The maximum atomic E-state index is 9.74. The van der Waals surface area contributed by atoms with E-state index in [9.17, 15) is 5.26 Å². The van der Waals surface area contributed by atoms with E-state index in [0.717, 1.165) is 67.1 Å². The van der Waals surface area contributed by atoms with Crippen molar-refractivity contribution >= 4 is 22.5 Å². The van der Waals surface area contributed by atoms with Gasteiger partial charge in [0.15, 0.2) is 5.65 Å². The molecule has 5 heteroatoms. The zero-order valence-corrected chi connectivity index (χ0v) is 16.0. The van der Waals surface area contributed by atoms with Crippen LogP contribution in [0.4, 0.5) is 5.82 Å². The van der Waals surface area contributed by atoms with E-state index < -0.39 is 0 Å². The number of likely N-dealkylation sites (N-methyl/N-ethyl adjacent to an activating group) is 1. The van der Waals surface area contributed by atoms with Crippen LogP contribution in [-0.4, -0.2) is 35.6 Å². The molecule has 0 saturated carbocycles. The number of rotatable bonds is 8. The molecule has 26 heavy (non-hydrogen) atoms. The number of quaternary nitrogens is 1. The number of fused-ring (bicyclic) bond motifs is 3. The molecular weight excluding hydrogens is 322 g/mol. The van der Waals surface area contributed by atoms with Gasteiger partial charge in [-0.1, -0.05) is 25.5 Å². The number of nitriles is 1. The van der Waals surface area contributed by atoms with Gasteiger partial charge in [0.1, 0.15) is 11.9 Å². The lowest BCUT2D eigenvalue weighted by molar-refractivity contribution is -0.894. The molecule has 0 radical (unpaired) electrons. The SMILES string of the molecule is CCCc1cc(NCC[NH+](CC)CC)n2c(nc3ccccc32)c1C#N. The summed E-state index contributed by atoms with van der Waals surface area (Å²) in [5.41, 5.74) is 4.51. The Bertz CT molecular complexity index is 931. The van der Waals surface area contributed by atoms with Gasteiger partial charge in [-0.25, -0.2) is 4.98 Å². The molecule has 136 valence electrons. The molecule has 0 amide bonds.